The van der Waals surface area contributed by atoms with Crippen LogP contribution in [-0.2, 0) is 6.42 Å². The normalized spacial score (nSPS) is 12.6. The number of halogens is 1. The molecule has 0 aliphatic heterocycles. The molecule has 102 valence electrons. The highest BCUT2D eigenvalue weighted by Crippen LogP contribution is 2.22. The van der Waals surface area contributed by atoms with E-state index in [2.05, 4.69) is 45.4 Å². The number of benzene rings is 1. The van der Waals surface area contributed by atoms with Crippen LogP contribution in [0.1, 0.15) is 37.7 Å². The zero-order chi connectivity index (χ0) is 13.8. The molecule has 5 heteroatoms. The lowest BCUT2D eigenvalue weighted by molar-refractivity contribution is 0.555. The quantitative estimate of drug-likeness (QED) is 0.918. The largest absolute Gasteiger partial charge is 0.312 e. The molecule has 0 radical (unpaired) electrons. The van der Waals surface area contributed by atoms with Crippen molar-refractivity contribution in [2.45, 2.75) is 32.7 Å². The standard InChI is InChI=1S/C14H19BrN4/c1-4-12(16-3)14-13(5-2)19(18-17-14)11-8-6-10(15)7-9-11/h6-9,12,16H,4-5H2,1-3H3. The molecule has 1 atom stereocenters. The number of nitrogens with one attached hydrogen (secondary N) is 1. The van der Waals surface area contributed by atoms with Crippen molar-refractivity contribution >= 4 is 15.9 Å². The van der Waals surface area contributed by atoms with Gasteiger partial charge in [0.2, 0.25) is 0 Å². The molecular formula is C14H19BrN4. The molecule has 0 amide bonds. The van der Waals surface area contributed by atoms with Crippen LogP contribution < -0.4 is 5.32 Å². The number of aromatic nitrogens is 3. The van der Waals surface area contributed by atoms with E-state index in [0.717, 1.165) is 28.7 Å². The molecular weight excluding hydrogens is 304 g/mol. The Hall–Kier alpha value is -1.20. The van der Waals surface area contributed by atoms with Gasteiger partial charge in [-0.1, -0.05) is 35.0 Å². The molecule has 1 heterocycles. The van der Waals surface area contributed by atoms with Crippen molar-refractivity contribution in [2.75, 3.05) is 7.05 Å². The smallest absolute Gasteiger partial charge is 0.103 e. The second-order valence-electron chi connectivity index (χ2n) is 4.41. The Balaban J connectivity index is 2.44. The lowest BCUT2D eigenvalue weighted by Gasteiger charge is -2.13. The van der Waals surface area contributed by atoms with Crippen molar-refractivity contribution in [3.8, 4) is 5.69 Å². The van der Waals surface area contributed by atoms with Gasteiger partial charge in [0.1, 0.15) is 5.69 Å². The van der Waals surface area contributed by atoms with Gasteiger partial charge in [0, 0.05) is 4.47 Å². The molecule has 0 fully saturated rings. The fourth-order valence-electron chi connectivity index (χ4n) is 2.24. The van der Waals surface area contributed by atoms with Gasteiger partial charge in [0.25, 0.3) is 0 Å². The van der Waals surface area contributed by atoms with Crippen LogP contribution in [0, 0.1) is 0 Å². The van der Waals surface area contributed by atoms with Crippen molar-refractivity contribution in [3.63, 3.8) is 0 Å². The highest BCUT2D eigenvalue weighted by atomic mass is 79.9. The highest BCUT2D eigenvalue weighted by Gasteiger charge is 2.18. The van der Waals surface area contributed by atoms with Crippen LogP contribution in [-0.4, -0.2) is 22.0 Å². The van der Waals surface area contributed by atoms with Gasteiger partial charge < -0.3 is 5.32 Å². The topological polar surface area (TPSA) is 42.7 Å². The van der Waals surface area contributed by atoms with Crippen molar-refractivity contribution in [3.05, 3.63) is 40.1 Å². The minimum Gasteiger partial charge on any atom is -0.312 e. The third-order valence-electron chi connectivity index (χ3n) is 3.29. The predicted octanol–water partition coefficient (Wildman–Crippen LogP) is 3.26. The molecule has 19 heavy (non-hydrogen) atoms. The average Bonchev–Trinajstić information content (AvgIpc) is 2.85. The maximum atomic E-state index is 4.37. The molecule has 0 saturated carbocycles. The van der Waals surface area contributed by atoms with E-state index >= 15 is 0 Å². The Labute approximate surface area is 122 Å². The summed E-state index contributed by atoms with van der Waals surface area (Å²) in [6.45, 7) is 4.29. The van der Waals surface area contributed by atoms with Crippen molar-refractivity contribution in [1.82, 2.24) is 20.3 Å². The van der Waals surface area contributed by atoms with E-state index in [1.54, 1.807) is 0 Å². The van der Waals surface area contributed by atoms with E-state index in [4.69, 9.17) is 0 Å². The Bertz CT molecular complexity index is 529. The second kappa shape index (κ2) is 6.30. The molecule has 1 N–H and O–H groups in total. The first-order valence-corrected chi connectivity index (χ1v) is 7.38. The molecule has 0 bridgehead atoms. The molecule has 1 aromatic carbocycles. The van der Waals surface area contributed by atoms with Crippen LogP contribution in [0.25, 0.3) is 5.69 Å². The van der Waals surface area contributed by atoms with Crippen LogP contribution in [0.2, 0.25) is 0 Å². The molecule has 4 nitrogen and oxygen atoms in total. The Morgan fingerprint density at radius 1 is 1.26 bits per heavy atom. The van der Waals surface area contributed by atoms with E-state index in [-0.39, 0.29) is 6.04 Å². The molecule has 1 unspecified atom stereocenters. The number of hydrogen-bond donors (Lipinski definition) is 1. The minimum absolute atomic E-state index is 0.263. The van der Waals surface area contributed by atoms with Gasteiger partial charge in [-0.15, -0.1) is 5.10 Å². The van der Waals surface area contributed by atoms with Crippen LogP contribution in [0.5, 0.6) is 0 Å². The molecule has 0 spiro atoms. The summed E-state index contributed by atoms with van der Waals surface area (Å²) < 4.78 is 3.00. The molecule has 2 aromatic rings. The van der Waals surface area contributed by atoms with Crippen LogP contribution in [0.3, 0.4) is 0 Å². The molecule has 0 aliphatic carbocycles. The summed E-state index contributed by atoms with van der Waals surface area (Å²) in [6.07, 6.45) is 1.92. The molecule has 0 saturated heterocycles. The second-order valence-corrected chi connectivity index (χ2v) is 5.33. The number of nitrogens with zero attached hydrogens (tertiary/aromatic N) is 3. The van der Waals surface area contributed by atoms with Crippen LogP contribution >= 0.6 is 15.9 Å². The van der Waals surface area contributed by atoms with Gasteiger partial charge in [-0.2, -0.15) is 0 Å². The molecule has 1 aromatic heterocycles. The van der Waals surface area contributed by atoms with Crippen LogP contribution in [0.15, 0.2) is 28.7 Å². The summed E-state index contributed by atoms with van der Waals surface area (Å²) in [4.78, 5) is 0. The fraction of sp³-hybridized carbons (Fsp3) is 0.429. The molecule has 0 aliphatic rings. The first-order chi connectivity index (χ1) is 9.21. The zero-order valence-electron chi connectivity index (χ0n) is 11.5. The lowest BCUT2D eigenvalue weighted by atomic mass is 10.1. The van der Waals surface area contributed by atoms with Crippen molar-refractivity contribution in [1.29, 1.82) is 0 Å². The van der Waals surface area contributed by atoms with E-state index < -0.39 is 0 Å². The number of rotatable bonds is 5. The predicted molar refractivity (Wildman–Crippen MR) is 80.5 cm³/mol. The van der Waals surface area contributed by atoms with Gasteiger partial charge in [-0.25, -0.2) is 4.68 Å². The third kappa shape index (κ3) is 2.87. The maximum Gasteiger partial charge on any atom is 0.103 e. The van der Waals surface area contributed by atoms with Crippen molar-refractivity contribution in [2.24, 2.45) is 0 Å². The summed E-state index contributed by atoms with van der Waals surface area (Å²) in [5, 5.41) is 12.0. The van der Waals surface area contributed by atoms with Crippen LogP contribution in [0.4, 0.5) is 0 Å². The van der Waals surface area contributed by atoms with Gasteiger partial charge >= 0.3 is 0 Å². The summed E-state index contributed by atoms with van der Waals surface area (Å²) in [5.41, 5.74) is 3.27. The minimum atomic E-state index is 0.263. The summed E-state index contributed by atoms with van der Waals surface area (Å²) in [7, 11) is 1.96. The SMILES string of the molecule is CCc1c(C(CC)NC)nnn1-c1ccc(Br)cc1. The van der Waals surface area contributed by atoms with E-state index in [9.17, 15) is 0 Å². The monoisotopic (exact) mass is 322 g/mol. The summed E-state index contributed by atoms with van der Waals surface area (Å²) in [5.74, 6) is 0. The van der Waals surface area contributed by atoms with Gasteiger partial charge in [0.15, 0.2) is 0 Å². The van der Waals surface area contributed by atoms with E-state index in [1.807, 2.05) is 36.0 Å². The van der Waals surface area contributed by atoms with Crippen molar-refractivity contribution < 1.29 is 0 Å². The zero-order valence-corrected chi connectivity index (χ0v) is 13.1. The first kappa shape index (κ1) is 14.2. The summed E-state index contributed by atoms with van der Waals surface area (Å²) in [6, 6.07) is 8.39. The van der Waals surface area contributed by atoms with E-state index in [1.165, 1.54) is 5.69 Å². The summed E-state index contributed by atoms with van der Waals surface area (Å²) >= 11 is 3.45. The average molecular weight is 323 g/mol. The van der Waals surface area contributed by atoms with Gasteiger partial charge in [0.05, 0.1) is 17.4 Å². The highest BCUT2D eigenvalue weighted by molar-refractivity contribution is 9.10. The van der Waals surface area contributed by atoms with E-state index in [0.29, 0.717) is 0 Å². The van der Waals surface area contributed by atoms with Gasteiger partial charge in [-0.3, -0.25) is 0 Å². The Kier molecular flexibility index (Phi) is 4.71. The maximum absolute atomic E-state index is 4.37. The third-order valence-corrected chi connectivity index (χ3v) is 3.81. The lowest BCUT2D eigenvalue weighted by Crippen LogP contribution is -2.17. The fourth-order valence-corrected chi connectivity index (χ4v) is 2.50. The Morgan fingerprint density at radius 2 is 1.95 bits per heavy atom. The Morgan fingerprint density at radius 3 is 2.47 bits per heavy atom. The first-order valence-electron chi connectivity index (χ1n) is 6.58. The number of hydrogen-bond acceptors (Lipinski definition) is 3. The molecule has 2 rings (SSSR count). The van der Waals surface area contributed by atoms with Gasteiger partial charge in [-0.05, 0) is 44.2 Å².